The van der Waals surface area contributed by atoms with Crippen LogP contribution in [0.1, 0.15) is 265 Å². The Balaban J connectivity index is 5.20. The van der Waals surface area contributed by atoms with Crippen molar-refractivity contribution in [3.8, 4) is 0 Å². The second kappa shape index (κ2) is 52.9. The van der Waals surface area contributed by atoms with Crippen molar-refractivity contribution in [3.05, 3.63) is 72.9 Å². The summed E-state index contributed by atoms with van der Waals surface area (Å²) in [6.45, 7) is 6.89. The van der Waals surface area contributed by atoms with Gasteiger partial charge in [-0.3, -0.25) is 18.6 Å². The molecule has 0 rings (SSSR count). The van der Waals surface area contributed by atoms with Gasteiger partial charge in [0, 0.05) is 12.8 Å². The van der Waals surface area contributed by atoms with E-state index >= 15 is 0 Å². The molecule has 0 fully saturated rings. The number of nitrogens with zero attached hydrogens (tertiary/aromatic N) is 1. The number of nitrogens with one attached hydrogen (secondary N) is 1. The van der Waals surface area contributed by atoms with E-state index < -0.39 is 20.0 Å². The molecule has 0 saturated carbocycles. The summed E-state index contributed by atoms with van der Waals surface area (Å²) < 4.78 is 30.6. The number of allylic oxidation sites excluding steroid dienone is 11. The van der Waals surface area contributed by atoms with E-state index in [9.17, 15) is 19.0 Å². The van der Waals surface area contributed by atoms with Crippen molar-refractivity contribution in [2.45, 2.75) is 277 Å². The second-order valence-corrected chi connectivity index (χ2v) is 23.0. The highest BCUT2D eigenvalue weighted by molar-refractivity contribution is 7.47. The number of quaternary nitrogens is 1. The van der Waals surface area contributed by atoms with E-state index in [1.807, 2.05) is 33.3 Å². The van der Waals surface area contributed by atoms with Gasteiger partial charge in [0.1, 0.15) is 19.3 Å². The molecule has 0 saturated heterocycles. The molecule has 0 aliphatic rings. The normalized spacial score (nSPS) is 14.2. The lowest BCUT2D eigenvalue weighted by molar-refractivity contribution is -0.870. The predicted molar refractivity (Wildman–Crippen MR) is 314 cm³/mol. The fourth-order valence-corrected chi connectivity index (χ4v) is 9.23. The molecule has 10 heteroatoms. The van der Waals surface area contributed by atoms with Crippen molar-refractivity contribution in [1.82, 2.24) is 5.32 Å². The van der Waals surface area contributed by atoms with Crippen LogP contribution in [0.2, 0.25) is 0 Å². The number of carbonyl (C=O) groups excluding carboxylic acids is 2. The number of hydrogen-bond donors (Lipinski definition) is 2. The number of unbranched alkanes of at least 4 members (excludes halogenated alkanes) is 28. The molecule has 424 valence electrons. The van der Waals surface area contributed by atoms with Gasteiger partial charge in [-0.05, 0) is 76.7 Å². The van der Waals surface area contributed by atoms with Crippen molar-refractivity contribution in [3.63, 3.8) is 0 Å². The molecule has 0 aromatic heterocycles. The molecule has 0 heterocycles. The fraction of sp³-hybridized carbons (Fsp3) is 0.778. The summed E-state index contributed by atoms with van der Waals surface area (Å²) in [7, 11) is 1.49. The maximum absolute atomic E-state index is 13.5. The molecule has 1 amide bonds. The van der Waals surface area contributed by atoms with Gasteiger partial charge in [-0.2, -0.15) is 0 Å². The average molecular weight is 1040 g/mol. The van der Waals surface area contributed by atoms with E-state index in [1.165, 1.54) is 128 Å². The number of hydrogen-bond acceptors (Lipinski definition) is 6. The summed E-state index contributed by atoms with van der Waals surface area (Å²) in [5.41, 5.74) is 0. The molecule has 0 aromatic carbocycles. The lowest BCUT2D eigenvalue weighted by Gasteiger charge is -2.27. The van der Waals surface area contributed by atoms with E-state index in [-0.39, 0.29) is 31.5 Å². The summed E-state index contributed by atoms with van der Waals surface area (Å²) >= 11 is 0. The van der Waals surface area contributed by atoms with Gasteiger partial charge < -0.3 is 19.4 Å². The molecule has 3 atom stereocenters. The Bertz CT molecular complexity index is 1480. The van der Waals surface area contributed by atoms with Gasteiger partial charge in [0.05, 0.1) is 33.8 Å². The minimum Gasteiger partial charge on any atom is -0.456 e. The van der Waals surface area contributed by atoms with Crippen LogP contribution in [0.5, 0.6) is 0 Å². The minimum atomic E-state index is -4.45. The molecule has 0 aliphatic carbocycles. The number of ether oxygens (including phenoxy) is 1. The number of phosphoric ester groups is 1. The van der Waals surface area contributed by atoms with Gasteiger partial charge in [0.25, 0.3) is 0 Å². The van der Waals surface area contributed by atoms with Crippen LogP contribution in [-0.2, 0) is 27.9 Å². The molecule has 2 N–H and O–H groups in total. The summed E-state index contributed by atoms with van der Waals surface area (Å²) in [6, 6.07) is -0.854. The molecule has 0 aromatic rings. The molecule has 3 unspecified atom stereocenters. The summed E-state index contributed by atoms with van der Waals surface area (Å²) in [5.74, 6) is -0.515. The highest BCUT2D eigenvalue weighted by atomic mass is 31.2. The quantitative estimate of drug-likeness (QED) is 0.0205. The minimum absolute atomic E-state index is 0.0365. The Morgan fingerprint density at radius 3 is 1.32 bits per heavy atom. The molecule has 0 aliphatic heterocycles. The Hall–Kier alpha value is -2.55. The first kappa shape index (κ1) is 70.5. The molecule has 73 heavy (non-hydrogen) atoms. The first-order chi connectivity index (χ1) is 35.4. The van der Waals surface area contributed by atoms with Crippen molar-refractivity contribution < 1.29 is 37.3 Å². The monoisotopic (exact) mass is 1040 g/mol. The maximum Gasteiger partial charge on any atom is 0.472 e. The van der Waals surface area contributed by atoms with Gasteiger partial charge >= 0.3 is 13.8 Å². The Morgan fingerprint density at radius 2 is 0.877 bits per heavy atom. The van der Waals surface area contributed by atoms with Crippen LogP contribution in [0.25, 0.3) is 0 Å². The zero-order valence-corrected chi connectivity index (χ0v) is 49.3. The van der Waals surface area contributed by atoms with E-state index in [0.29, 0.717) is 17.4 Å². The molecule has 0 radical (unpaired) electrons. The average Bonchev–Trinajstić information content (AvgIpc) is 3.35. The number of likely N-dealkylation sites (N-methyl/N-ethyl adjacent to an activating group) is 1. The van der Waals surface area contributed by atoms with E-state index in [4.69, 9.17) is 13.8 Å². The first-order valence-electron chi connectivity index (χ1n) is 30.3. The third kappa shape index (κ3) is 54.1. The molecular formula is C63H116N2O7P+. The van der Waals surface area contributed by atoms with Gasteiger partial charge in [-0.1, -0.05) is 248 Å². The number of amides is 1. The molecular weight excluding hydrogens is 928 g/mol. The number of carbonyl (C=O) groups is 2. The van der Waals surface area contributed by atoms with Crippen LogP contribution in [0, 0.1) is 0 Å². The summed E-state index contributed by atoms with van der Waals surface area (Å²) in [6.07, 6.45) is 67.5. The van der Waals surface area contributed by atoms with Crippen molar-refractivity contribution >= 4 is 19.7 Å². The fourth-order valence-electron chi connectivity index (χ4n) is 8.50. The van der Waals surface area contributed by atoms with Crippen LogP contribution in [0.3, 0.4) is 0 Å². The lowest BCUT2D eigenvalue weighted by atomic mass is 10.0. The number of esters is 1. The Morgan fingerprint density at radius 1 is 0.493 bits per heavy atom. The van der Waals surface area contributed by atoms with Gasteiger partial charge in [0.2, 0.25) is 5.91 Å². The van der Waals surface area contributed by atoms with Crippen molar-refractivity contribution in [1.29, 1.82) is 0 Å². The predicted octanol–water partition coefficient (Wildman–Crippen LogP) is 18.4. The Kier molecular flexibility index (Phi) is 51.0. The highest BCUT2D eigenvalue weighted by Gasteiger charge is 2.30. The standard InChI is InChI=1S/C63H115N2O7P/c1-7-10-13-16-19-22-25-27-28-29-30-31-32-33-34-35-36-38-40-43-46-49-52-55-62(66)64-60(59-71-73(68,69)70-58-57-65(4,5)6)61(54-51-48-45-42-39-24-21-18-15-12-9-3)72-63(67)56-53-50-47-44-41-37-26-23-20-17-14-11-8-2/h10,13,19,22,27-28,30-31,33-34,51,54,60-61H,7-9,11-12,14-18,20-21,23-26,29,32,35-50,52-53,55-59H2,1-6H3,(H-,64,66,68,69)/p+1/b13-10-,22-19-,28-27-,31-30-,34-33-,54-51-. The van der Waals surface area contributed by atoms with Crippen LogP contribution in [0.4, 0.5) is 0 Å². The van der Waals surface area contributed by atoms with Gasteiger partial charge in [-0.15, -0.1) is 0 Å². The topological polar surface area (TPSA) is 111 Å². The first-order valence-corrected chi connectivity index (χ1v) is 31.8. The third-order valence-electron chi connectivity index (χ3n) is 13.2. The van der Waals surface area contributed by atoms with Crippen LogP contribution >= 0.6 is 7.82 Å². The van der Waals surface area contributed by atoms with Crippen LogP contribution in [0.15, 0.2) is 72.9 Å². The van der Waals surface area contributed by atoms with Gasteiger partial charge in [-0.25, -0.2) is 4.57 Å². The van der Waals surface area contributed by atoms with E-state index in [0.717, 1.165) is 103 Å². The number of phosphoric acid groups is 1. The van der Waals surface area contributed by atoms with E-state index in [2.05, 4.69) is 86.8 Å². The summed E-state index contributed by atoms with van der Waals surface area (Å²) in [4.78, 5) is 37.6. The van der Waals surface area contributed by atoms with Crippen molar-refractivity contribution in [2.75, 3.05) is 40.9 Å². The zero-order chi connectivity index (χ0) is 53.6. The lowest BCUT2D eigenvalue weighted by Crippen LogP contribution is -2.47. The molecule has 0 bridgehead atoms. The second-order valence-electron chi connectivity index (χ2n) is 21.5. The van der Waals surface area contributed by atoms with Crippen LogP contribution in [-0.4, -0.2) is 74.3 Å². The molecule has 9 nitrogen and oxygen atoms in total. The van der Waals surface area contributed by atoms with Gasteiger partial charge in [0.15, 0.2) is 0 Å². The summed E-state index contributed by atoms with van der Waals surface area (Å²) in [5, 5.41) is 3.05. The molecule has 0 spiro atoms. The highest BCUT2D eigenvalue weighted by Crippen LogP contribution is 2.43. The smallest absolute Gasteiger partial charge is 0.456 e. The van der Waals surface area contributed by atoms with Crippen molar-refractivity contribution in [2.24, 2.45) is 0 Å². The number of rotatable bonds is 54. The largest absolute Gasteiger partial charge is 0.472 e. The van der Waals surface area contributed by atoms with E-state index in [1.54, 1.807) is 0 Å². The zero-order valence-electron chi connectivity index (χ0n) is 48.4. The maximum atomic E-state index is 13.5. The third-order valence-corrected chi connectivity index (χ3v) is 14.1. The SMILES string of the molecule is CC/C=C\C/C=C\C/C=C\C/C=C\C/C=C\CCCCCCCCCC(=O)NC(COP(=O)(O)OCC[N+](C)(C)C)C(/C=C\CCCCCCCCCCC)OC(=O)CCCCCCCCCCCCCCC. The van der Waals surface area contributed by atoms with Crippen LogP contribution < -0.4 is 5.32 Å². The Labute approximate surface area is 451 Å².